The van der Waals surface area contributed by atoms with Crippen molar-refractivity contribution in [3.8, 4) is 11.5 Å². The molecular formula is C14H22N2O4S. The molecule has 0 amide bonds. The van der Waals surface area contributed by atoms with E-state index >= 15 is 0 Å². The van der Waals surface area contributed by atoms with Crippen molar-refractivity contribution in [1.29, 1.82) is 0 Å². The lowest BCUT2D eigenvalue weighted by Crippen LogP contribution is -2.39. The van der Waals surface area contributed by atoms with Crippen LogP contribution in [0, 0.1) is 0 Å². The standard InChI is InChI=1S/C14H22N2O4S/c1-6-9-16(21(17,18)15(2)3)11-12-7-8-13(19-4)14(10-12)20-5/h6-8,10H,1,9,11H2,2-5H3. The van der Waals surface area contributed by atoms with Gasteiger partial charge in [0, 0.05) is 27.2 Å². The van der Waals surface area contributed by atoms with Crippen molar-refractivity contribution in [2.45, 2.75) is 6.54 Å². The molecule has 0 bridgehead atoms. The van der Waals surface area contributed by atoms with E-state index in [9.17, 15) is 8.42 Å². The highest BCUT2D eigenvalue weighted by atomic mass is 32.2. The third kappa shape index (κ3) is 4.20. The third-order valence-electron chi connectivity index (χ3n) is 2.93. The van der Waals surface area contributed by atoms with Gasteiger partial charge < -0.3 is 9.47 Å². The molecule has 0 spiro atoms. The minimum absolute atomic E-state index is 0.229. The summed E-state index contributed by atoms with van der Waals surface area (Å²) in [6, 6.07) is 5.32. The molecule has 0 unspecified atom stereocenters. The van der Waals surface area contributed by atoms with Crippen LogP contribution in [0.3, 0.4) is 0 Å². The van der Waals surface area contributed by atoms with Crippen LogP contribution in [-0.4, -0.2) is 51.9 Å². The minimum atomic E-state index is -3.51. The number of hydrogen-bond donors (Lipinski definition) is 0. The van der Waals surface area contributed by atoms with E-state index < -0.39 is 10.2 Å². The van der Waals surface area contributed by atoms with Gasteiger partial charge in [-0.1, -0.05) is 12.1 Å². The number of methoxy groups -OCH3 is 2. The van der Waals surface area contributed by atoms with Crippen LogP contribution in [0.5, 0.6) is 11.5 Å². The molecule has 1 aromatic carbocycles. The Labute approximate surface area is 126 Å². The SMILES string of the molecule is C=CCN(Cc1ccc(OC)c(OC)c1)S(=O)(=O)N(C)C. The van der Waals surface area contributed by atoms with Crippen LogP contribution >= 0.6 is 0 Å². The van der Waals surface area contributed by atoms with Gasteiger partial charge >= 0.3 is 0 Å². The predicted molar refractivity (Wildman–Crippen MR) is 82.8 cm³/mol. The predicted octanol–water partition coefficient (Wildman–Crippen LogP) is 1.50. The minimum Gasteiger partial charge on any atom is -0.493 e. The van der Waals surface area contributed by atoms with Gasteiger partial charge in [0.1, 0.15) is 0 Å². The van der Waals surface area contributed by atoms with Crippen LogP contribution in [0.4, 0.5) is 0 Å². The Kier molecular flexibility index (Phi) is 6.19. The van der Waals surface area contributed by atoms with Gasteiger partial charge in [0.05, 0.1) is 14.2 Å². The van der Waals surface area contributed by atoms with Crippen molar-refractivity contribution in [1.82, 2.24) is 8.61 Å². The van der Waals surface area contributed by atoms with E-state index in [2.05, 4.69) is 6.58 Å². The van der Waals surface area contributed by atoms with Gasteiger partial charge in [-0.2, -0.15) is 17.0 Å². The number of ether oxygens (including phenoxy) is 2. The second kappa shape index (κ2) is 7.44. The molecule has 0 radical (unpaired) electrons. The molecule has 0 heterocycles. The Morgan fingerprint density at radius 2 is 1.81 bits per heavy atom. The van der Waals surface area contributed by atoms with Crippen LogP contribution in [0.2, 0.25) is 0 Å². The lowest BCUT2D eigenvalue weighted by molar-refractivity contribution is 0.353. The quantitative estimate of drug-likeness (QED) is 0.682. The molecule has 21 heavy (non-hydrogen) atoms. The molecule has 0 saturated heterocycles. The molecule has 0 aliphatic carbocycles. The summed E-state index contributed by atoms with van der Waals surface area (Å²) in [7, 11) is 2.58. The Morgan fingerprint density at radius 1 is 1.19 bits per heavy atom. The number of hydrogen-bond acceptors (Lipinski definition) is 4. The summed E-state index contributed by atoms with van der Waals surface area (Å²) in [5.74, 6) is 1.17. The number of benzene rings is 1. The van der Waals surface area contributed by atoms with Gasteiger partial charge in [-0.25, -0.2) is 0 Å². The van der Waals surface area contributed by atoms with Crippen molar-refractivity contribution in [2.24, 2.45) is 0 Å². The second-order valence-electron chi connectivity index (χ2n) is 4.56. The molecule has 0 aliphatic heterocycles. The molecule has 0 fully saturated rings. The maximum Gasteiger partial charge on any atom is 0.282 e. The molecule has 0 aliphatic rings. The van der Waals surface area contributed by atoms with Crippen LogP contribution < -0.4 is 9.47 Å². The van der Waals surface area contributed by atoms with E-state index in [1.165, 1.54) is 22.7 Å². The Balaban J connectivity index is 3.08. The summed E-state index contributed by atoms with van der Waals surface area (Å²) in [4.78, 5) is 0. The normalized spacial score (nSPS) is 11.7. The molecule has 6 nitrogen and oxygen atoms in total. The first-order chi connectivity index (χ1) is 9.86. The summed E-state index contributed by atoms with van der Waals surface area (Å²) in [6.45, 7) is 4.07. The summed E-state index contributed by atoms with van der Waals surface area (Å²) in [5.41, 5.74) is 0.805. The Morgan fingerprint density at radius 3 is 2.29 bits per heavy atom. The van der Waals surface area contributed by atoms with Crippen molar-refractivity contribution in [3.63, 3.8) is 0 Å². The molecular weight excluding hydrogens is 292 g/mol. The lowest BCUT2D eigenvalue weighted by atomic mass is 10.2. The van der Waals surface area contributed by atoms with Gasteiger partial charge in [0.15, 0.2) is 11.5 Å². The van der Waals surface area contributed by atoms with Crippen molar-refractivity contribution in [3.05, 3.63) is 36.4 Å². The molecule has 0 N–H and O–H groups in total. The molecule has 1 rings (SSSR count). The van der Waals surface area contributed by atoms with E-state index in [1.807, 2.05) is 6.07 Å². The smallest absolute Gasteiger partial charge is 0.282 e. The van der Waals surface area contributed by atoms with Crippen molar-refractivity contribution in [2.75, 3.05) is 34.9 Å². The van der Waals surface area contributed by atoms with E-state index in [-0.39, 0.29) is 13.1 Å². The van der Waals surface area contributed by atoms with Gasteiger partial charge in [0.25, 0.3) is 10.2 Å². The third-order valence-corrected chi connectivity index (χ3v) is 4.78. The molecule has 0 aromatic heterocycles. The van der Waals surface area contributed by atoms with Gasteiger partial charge in [-0.05, 0) is 17.7 Å². The van der Waals surface area contributed by atoms with Crippen LogP contribution in [0.1, 0.15) is 5.56 Å². The van der Waals surface area contributed by atoms with Gasteiger partial charge in [-0.15, -0.1) is 6.58 Å². The highest BCUT2D eigenvalue weighted by Crippen LogP contribution is 2.28. The summed E-state index contributed by atoms with van der Waals surface area (Å²) >= 11 is 0. The van der Waals surface area contributed by atoms with Crippen LogP contribution in [-0.2, 0) is 16.8 Å². The highest BCUT2D eigenvalue weighted by molar-refractivity contribution is 7.86. The van der Waals surface area contributed by atoms with Crippen LogP contribution in [0.25, 0.3) is 0 Å². The fourth-order valence-corrected chi connectivity index (χ4v) is 2.87. The first kappa shape index (κ1) is 17.5. The fourth-order valence-electron chi connectivity index (χ4n) is 1.80. The zero-order chi connectivity index (χ0) is 16.0. The average Bonchev–Trinajstić information content (AvgIpc) is 2.46. The first-order valence-corrected chi connectivity index (χ1v) is 7.76. The number of nitrogens with zero attached hydrogens (tertiary/aromatic N) is 2. The van der Waals surface area contributed by atoms with E-state index in [4.69, 9.17) is 9.47 Å². The Hall–Kier alpha value is -1.57. The zero-order valence-corrected chi connectivity index (χ0v) is 13.7. The lowest BCUT2D eigenvalue weighted by Gasteiger charge is -2.24. The summed E-state index contributed by atoms with van der Waals surface area (Å²) in [6.07, 6.45) is 1.56. The molecule has 1 aromatic rings. The monoisotopic (exact) mass is 314 g/mol. The largest absolute Gasteiger partial charge is 0.493 e. The molecule has 0 atom stereocenters. The highest BCUT2D eigenvalue weighted by Gasteiger charge is 2.23. The topological polar surface area (TPSA) is 59.1 Å². The van der Waals surface area contributed by atoms with Crippen LogP contribution in [0.15, 0.2) is 30.9 Å². The average molecular weight is 314 g/mol. The number of rotatable bonds is 8. The maximum atomic E-state index is 12.3. The molecule has 7 heteroatoms. The van der Waals surface area contributed by atoms with Gasteiger partial charge in [-0.3, -0.25) is 0 Å². The zero-order valence-electron chi connectivity index (χ0n) is 12.9. The molecule has 118 valence electrons. The van der Waals surface area contributed by atoms with Crippen molar-refractivity contribution < 1.29 is 17.9 Å². The molecule has 0 saturated carbocycles. The van der Waals surface area contributed by atoms with E-state index in [1.54, 1.807) is 32.4 Å². The summed E-state index contributed by atoms with van der Waals surface area (Å²) in [5, 5.41) is 0. The summed E-state index contributed by atoms with van der Waals surface area (Å²) < 4.78 is 37.4. The Bertz CT molecular complexity index is 585. The van der Waals surface area contributed by atoms with E-state index in [0.29, 0.717) is 11.5 Å². The van der Waals surface area contributed by atoms with Gasteiger partial charge in [0.2, 0.25) is 0 Å². The second-order valence-corrected chi connectivity index (χ2v) is 6.70. The fraction of sp³-hybridized carbons (Fsp3) is 0.429. The van der Waals surface area contributed by atoms with E-state index in [0.717, 1.165) is 5.56 Å². The van der Waals surface area contributed by atoms with Crippen molar-refractivity contribution >= 4 is 10.2 Å². The maximum absolute atomic E-state index is 12.3. The first-order valence-electron chi connectivity index (χ1n) is 6.36.